The molecule has 0 aliphatic rings. The van der Waals surface area contributed by atoms with E-state index in [0.29, 0.717) is 22.8 Å². The molecule has 0 saturated carbocycles. The Hall–Kier alpha value is -1.85. The topological polar surface area (TPSA) is 55.4 Å². The van der Waals surface area contributed by atoms with Crippen molar-refractivity contribution in [3.8, 4) is 5.75 Å². The Morgan fingerprint density at radius 3 is 2.33 bits per heavy atom. The highest BCUT2D eigenvalue weighted by Gasteiger charge is 2.22. The molecule has 0 fully saturated rings. The molecule has 0 atom stereocenters. The monoisotopic (exact) mass is 347 g/mol. The van der Waals surface area contributed by atoms with E-state index in [1.807, 2.05) is 32.0 Å². The second kappa shape index (κ2) is 7.81. The standard InChI is InChI=1S/C19H25NO3S/c1-14-13-18(23-4)15(2)16(3)19(14)24(21,22)20-12-8-11-17-9-6-5-7-10-17/h5-7,9-10,13,20H,8,11-12H2,1-4H3. The lowest BCUT2D eigenvalue weighted by Crippen LogP contribution is -2.27. The van der Waals surface area contributed by atoms with Gasteiger partial charge in [-0.3, -0.25) is 0 Å². The summed E-state index contributed by atoms with van der Waals surface area (Å²) in [6.45, 7) is 5.92. The van der Waals surface area contributed by atoms with Gasteiger partial charge in [-0.1, -0.05) is 30.3 Å². The lowest BCUT2D eigenvalue weighted by molar-refractivity contribution is 0.410. The highest BCUT2D eigenvalue weighted by Crippen LogP contribution is 2.30. The highest BCUT2D eigenvalue weighted by atomic mass is 32.2. The first-order valence-corrected chi connectivity index (χ1v) is 9.53. The molecule has 2 aromatic rings. The Morgan fingerprint density at radius 1 is 1.04 bits per heavy atom. The average Bonchev–Trinajstić information content (AvgIpc) is 2.56. The molecule has 0 aliphatic heterocycles. The molecule has 0 amide bonds. The molecule has 0 aliphatic carbocycles. The van der Waals surface area contributed by atoms with Gasteiger partial charge in [0.1, 0.15) is 5.75 Å². The maximum absolute atomic E-state index is 12.7. The largest absolute Gasteiger partial charge is 0.496 e. The summed E-state index contributed by atoms with van der Waals surface area (Å²) in [5.74, 6) is 0.716. The predicted octanol–water partition coefficient (Wildman–Crippen LogP) is 3.53. The van der Waals surface area contributed by atoms with E-state index in [9.17, 15) is 8.42 Å². The summed E-state index contributed by atoms with van der Waals surface area (Å²) >= 11 is 0. The molecule has 130 valence electrons. The number of hydrogen-bond donors (Lipinski definition) is 1. The van der Waals surface area contributed by atoms with Gasteiger partial charge in [-0.05, 0) is 61.9 Å². The first-order chi connectivity index (χ1) is 11.4. The summed E-state index contributed by atoms with van der Waals surface area (Å²) in [4.78, 5) is 0.362. The van der Waals surface area contributed by atoms with Gasteiger partial charge >= 0.3 is 0 Å². The summed E-state index contributed by atoms with van der Waals surface area (Å²) < 4.78 is 33.4. The third-order valence-electron chi connectivity index (χ3n) is 4.24. The minimum absolute atomic E-state index is 0.362. The summed E-state index contributed by atoms with van der Waals surface area (Å²) in [5, 5.41) is 0. The number of benzene rings is 2. The number of aryl methyl sites for hydroxylation is 2. The van der Waals surface area contributed by atoms with E-state index in [-0.39, 0.29) is 0 Å². The van der Waals surface area contributed by atoms with Crippen LogP contribution in [0.3, 0.4) is 0 Å². The number of hydrogen-bond acceptors (Lipinski definition) is 3. The van der Waals surface area contributed by atoms with Crippen molar-refractivity contribution in [2.45, 2.75) is 38.5 Å². The van der Waals surface area contributed by atoms with Crippen molar-refractivity contribution < 1.29 is 13.2 Å². The molecule has 5 heteroatoms. The van der Waals surface area contributed by atoms with Gasteiger partial charge in [0.15, 0.2) is 0 Å². The minimum Gasteiger partial charge on any atom is -0.496 e. The molecule has 0 radical (unpaired) electrons. The van der Waals surface area contributed by atoms with E-state index >= 15 is 0 Å². The maximum atomic E-state index is 12.7. The molecule has 0 unspecified atom stereocenters. The van der Waals surface area contributed by atoms with Crippen molar-refractivity contribution in [1.29, 1.82) is 0 Å². The van der Waals surface area contributed by atoms with Crippen molar-refractivity contribution in [3.63, 3.8) is 0 Å². The maximum Gasteiger partial charge on any atom is 0.241 e. The van der Waals surface area contributed by atoms with Crippen LogP contribution in [0.2, 0.25) is 0 Å². The highest BCUT2D eigenvalue weighted by molar-refractivity contribution is 7.89. The zero-order valence-corrected chi connectivity index (χ0v) is 15.5. The van der Waals surface area contributed by atoms with Crippen LogP contribution in [0, 0.1) is 20.8 Å². The second-order valence-electron chi connectivity index (χ2n) is 5.96. The van der Waals surface area contributed by atoms with Crippen molar-refractivity contribution in [3.05, 3.63) is 58.7 Å². The summed E-state index contributed by atoms with van der Waals surface area (Å²) in [5.41, 5.74) is 3.50. The molecule has 0 bridgehead atoms. The average molecular weight is 347 g/mol. The van der Waals surface area contributed by atoms with Crippen molar-refractivity contribution in [2.75, 3.05) is 13.7 Å². The van der Waals surface area contributed by atoms with Crippen LogP contribution in [0.15, 0.2) is 41.3 Å². The number of sulfonamides is 1. The lowest BCUT2D eigenvalue weighted by Gasteiger charge is -2.16. The van der Waals surface area contributed by atoms with E-state index in [4.69, 9.17) is 4.74 Å². The molecule has 1 N–H and O–H groups in total. The fourth-order valence-electron chi connectivity index (χ4n) is 2.86. The van der Waals surface area contributed by atoms with Crippen LogP contribution >= 0.6 is 0 Å². The van der Waals surface area contributed by atoms with Gasteiger partial charge in [0.2, 0.25) is 10.0 Å². The molecule has 0 spiro atoms. The smallest absolute Gasteiger partial charge is 0.241 e. The molecule has 4 nitrogen and oxygen atoms in total. The zero-order valence-electron chi connectivity index (χ0n) is 14.7. The van der Waals surface area contributed by atoms with E-state index in [0.717, 1.165) is 24.0 Å². The Bertz CT molecular complexity index is 799. The molecular formula is C19H25NO3S. The van der Waals surface area contributed by atoms with Crippen LogP contribution in [0.1, 0.15) is 28.7 Å². The molecule has 0 heterocycles. The van der Waals surface area contributed by atoms with Gasteiger partial charge in [-0.2, -0.15) is 0 Å². The van der Waals surface area contributed by atoms with Crippen molar-refractivity contribution in [1.82, 2.24) is 4.72 Å². The number of ether oxygens (including phenoxy) is 1. The summed E-state index contributed by atoms with van der Waals surface area (Å²) in [6, 6.07) is 11.8. The number of nitrogens with one attached hydrogen (secondary N) is 1. The van der Waals surface area contributed by atoms with Crippen LogP contribution in [0.4, 0.5) is 0 Å². The Morgan fingerprint density at radius 2 is 1.71 bits per heavy atom. The van der Waals surface area contributed by atoms with E-state index in [2.05, 4.69) is 16.9 Å². The molecule has 2 aromatic carbocycles. The molecule has 24 heavy (non-hydrogen) atoms. The van der Waals surface area contributed by atoms with Gasteiger partial charge in [0, 0.05) is 6.54 Å². The third-order valence-corrected chi connectivity index (χ3v) is 5.99. The molecular weight excluding hydrogens is 322 g/mol. The van der Waals surface area contributed by atoms with Gasteiger partial charge in [-0.25, -0.2) is 13.1 Å². The fourth-order valence-corrected chi connectivity index (χ4v) is 4.46. The zero-order chi connectivity index (χ0) is 17.7. The first kappa shape index (κ1) is 18.5. The molecule has 2 rings (SSSR count). The summed E-state index contributed by atoms with van der Waals surface area (Å²) in [7, 11) is -1.93. The van der Waals surface area contributed by atoms with Gasteiger partial charge in [-0.15, -0.1) is 0 Å². The fraction of sp³-hybridized carbons (Fsp3) is 0.368. The van der Waals surface area contributed by atoms with E-state index in [1.165, 1.54) is 5.56 Å². The van der Waals surface area contributed by atoms with Crippen LogP contribution in [-0.4, -0.2) is 22.1 Å². The van der Waals surface area contributed by atoms with Crippen LogP contribution in [-0.2, 0) is 16.4 Å². The molecule has 0 aromatic heterocycles. The molecule has 0 saturated heterocycles. The normalized spacial score (nSPS) is 11.5. The Balaban J connectivity index is 2.09. The lowest BCUT2D eigenvalue weighted by atomic mass is 10.1. The van der Waals surface area contributed by atoms with Crippen LogP contribution in [0.5, 0.6) is 5.75 Å². The van der Waals surface area contributed by atoms with Crippen molar-refractivity contribution in [2.24, 2.45) is 0 Å². The van der Waals surface area contributed by atoms with E-state index < -0.39 is 10.0 Å². The van der Waals surface area contributed by atoms with Crippen LogP contribution < -0.4 is 9.46 Å². The predicted molar refractivity (Wildman–Crippen MR) is 97.2 cm³/mol. The van der Waals surface area contributed by atoms with E-state index in [1.54, 1.807) is 20.1 Å². The third kappa shape index (κ3) is 4.16. The van der Waals surface area contributed by atoms with Gasteiger partial charge < -0.3 is 4.74 Å². The Kier molecular flexibility index (Phi) is 6.02. The van der Waals surface area contributed by atoms with Gasteiger partial charge in [0.05, 0.1) is 12.0 Å². The number of rotatable bonds is 7. The second-order valence-corrected chi connectivity index (χ2v) is 7.67. The summed E-state index contributed by atoms with van der Waals surface area (Å²) in [6.07, 6.45) is 1.61. The Labute approximate surface area is 144 Å². The minimum atomic E-state index is -3.53. The van der Waals surface area contributed by atoms with Crippen molar-refractivity contribution >= 4 is 10.0 Å². The SMILES string of the molecule is COc1cc(C)c(S(=O)(=O)NCCCc2ccccc2)c(C)c1C. The van der Waals surface area contributed by atoms with Crippen LogP contribution in [0.25, 0.3) is 0 Å². The first-order valence-electron chi connectivity index (χ1n) is 8.05. The quantitative estimate of drug-likeness (QED) is 0.780. The van der Waals surface area contributed by atoms with Gasteiger partial charge in [0.25, 0.3) is 0 Å². The number of methoxy groups -OCH3 is 1.